The zero-order valence-electron chi connectivity index (χ0n) is 10.2. The number of ether oxygens (including phenoxy) is 1. The van der Waals surface area contributed by atoms with E-state index in [1.807, 2.05) is 18.2 Å². The van der Waals surface area contributed by atoms with Crippen molar-refractivity contribution in [2.24, 2.45) is 0 Å². The Morgan fingerprint density at radius 2 is 2.11 bits per heavy atom. The standard InChI is InChI=1S/C14H12Br2O2S/c1-7-10(16)5-14(19-7)13-6-11(17)9-4-8(15)2-3-12(9)18-13/h2-5,11,13,17H,6H2,1H3/t11-,13?/m0/s1. The van der Waals surface area contributed by atoms with E-state index < -0.39 is 6.10 Å². The van der Waals surface area contributed by atoms with Gasteiger partial charge in [0.25, 0.3) is 0 Å². The third kappa shape index (κ3) is 2.61. The molecule has 0 amide bonds. The van der Waals surface area contributed by atoms with Crippen molar-refractivity contribution in [1.29, 1.82) is 0 Å². The fourth-order valence-electron chi connectivity index (χ4n) is 2.23. The van der Waals surface area contributed by atoms with Crippen LogP contribution in [0.4, 0.5) is 0 Å². The number of hydrogen-bond acceptors (Lipinski definition) is 3. The number of thiophene rings is 1. The van der Waals surface area contributed by atoms with Crippen LogP contribution < -0.4 is 4.74 Å². The van der Waals surface area contributed by atoms with Gasteiger partial charge in [-0.2, -0.15) is 0 Å². The van der Waals surface area contributed by atoms with Crippen LogP contribution in [0.2, 0.25) is 0 Å². The molecule has 2 aromatic rings. The first-order chi connectivity index (χ1) is 9.04. The van der Waals surface area contributed by atoms with Crippen molar-refractivity contribution in [3.05, 3.63) is 48.5 Å². The van der Waals surface area contributed by atoms with Crippen LogP contribution in [0.1, 0.15) is 33.9 Å². The highest BCUT2D eigenvalue weighted by molar-refractivity contribution is 9.10. The number of fused-ring (bicyclic) bond motifs is 1. The molecule has 5 heteroatoms. The molecular weight excluding hydrogens is 392 g/mol. The molecule has 3 rings (SSSR count). The minimum Gasteiger partial charge on any atom is -0.484 e. The number of aliphatic hydroxyl groups excluding tert-OH is 1. The van der Waals surface area contributed by atoms with E-state index in [4.69, 9.17) is 4.74 Å². The maximum Gasteiger partial charge on any atom is 0.136 e. The highest BCUT2D eigenvalue weighted by Crippen LogP contribution is 2.44. The maximum absolute atomic E-state index is 10.3. The number of benzene rings is 1. The molecule has 0 saturated carbocycles. The molecule has 1 unspecified atom stereocenters. The molecule has 1 aliphatic rings. The van der Waals surface area contributed by atoms with Gasteiger partial charge in [0.1, 0.15) is 11.9 Å². The van der Waals surface area contributed by atoms with Crippen molar-refractivity contribution < 1.29 is 9.84 Å². The zero-order chi connectivity index (χ0) is 13.6. The summed E-state index contributed by atoms with van der Waals surface area (Å²) in [6.45, 7) is 2.07. The SMILES string of the molecule is Cc1sc(C2C[C@H](O)c3cc(Br)ccc3O2)cc1Br. The number of aryl methyl sites for hydroxylation is 1. The summed E-state index contributed by atoms with van der Waals surface area (Å²) >= 11 is 8.65. The first-order valence-electron chi connectivity index (χ1n) is 5.94. The molecule has 1 N–H and O–H groups in total. The van der Waals surface area contributed by atoms with E-state index in [2.05, 4.69) is 44.8 Å². The van der Waals surface area contributed by atoms with E-state index in [1.165, 1.54) is 4.88 Å². The molecule has 100 valence electrons. The quantitative estimate of drug-likeness (QED) is 0.714. The van der Waals surface area contributed by atoms with Crippen LogP contribution in [-0.2, 0) is 0 Å². The molecule has 1 aromatic carbocycles. The molecule has 2 nitrogen and oxygen atoms in total. The van der Waals surface area contributed by atoms with Gasteiger partial charge in [-0.1, -0.05) is 15.9 Å². The molecule has 0 spiro atoms. The molecule has 1 aliphatic heterocycles. The molecule has 0 fully saturated rings. The van der Waals surface area contributed by atoms with Crippen molar-refractivity contribution >= 4 is 43.2 Å². The van der Waals surface area contributed by atoms with Gasteiger partial charge in [0.15, 0.2) is 0 Å². The molecule has 0 saturated heterocycles. The third-order valence-corrected chi connectivity index (χ3v) is 5.95. The largest absolute Gasteiger partial charge is 0.484 e. The van der Waals surface area contributed by atoms with E-state index in [9.17, 15) is 5.11 Å². The van der Waals surface area contributed by atoms with Crippen LogP contribution in [-0.4, -0.2) is 5.11 Å². The molecule has 19 heavy (non-hydrogen) atoms. The Bertz CT molecular complexity index is 604. The van der Waals surface area contributed by atoms with Crippen molar-refractivity contribution in [3.63, 3.8) is 0 Å². The summed E-state index contributed by atoms with van der Waals surface area (Å²) in [6.07, 6.45) is 0.0432. The van der Waals surface area contributed by atoms with E-state index >= 15 is 0 Å². The molecular formula is C14H12Br2O2S. The van der Waals surface area contributed by atoms with E-state index in [0.29, 0.717) is 6.42 Å². The van der Waals surface area contributed by atoms with Gasteiger partial charge in [-0.3, -0.25) is 0 Å². The van der Waals surface area contributed by atoms with Gasteiger partial charge < -0.3 is 9.84 Å². The summed E-state index contributed by atoms with van der Waals surface area (Å²) in [5.41, 5.74) is 0.859. The highest BCUT2D eigenvalue weighted by Gasteiger charge is 2.29. The van der Waals surface area contributed by atoms with Crippen molar-refractivity contribution in [1.82, 2.24) is 0 Å². The van der Waals surface area contributed by atoms with Crippen LogP contribution in [0.25, 0.3) is 0 Å². The molecule has 2 atom stereocenters. The molecule has 0 radical (unpaired) electrons. The van der Waals surface area contributed by atoms with E-state index in [0.717, 1.165) is 25.1 Å². The Balaban J connectivity index is 1.94. The summed E-state index contributed by atoms with van der Waals surface area (Å²) in [4.78, 5) is 2.38. The van der Waals surface area contributed by atoms with Crippen molar-refractivity contribution in [3.8, 4) is 5.75 Å². The third-order valence-electron chi connectivity index (χ3n) is 3.23. The number of hydrogen-bond donors (Lipinski definition) is 1. The maximum atomic E-state index is 10.3. The Kier molecular flexibility index (Phi) is 3.73. The molecule has 0 bridgehead atoms. The monoisotopic (exact) mass is 402 g/mol. The topological polar surface area (TPSA) is 29.5 Å². The minimum atomic E-state index is -0.479. The van der Waals surface area contributed by atoms with Crippen LogP contribution >= 0.6 is 43.2 Å². The molecule has 0 aliphatic carbocycles. The van der Waals surface area contributed by atoms with Crippen molar-refractivity contribution in [2.45, 2.75) is 25.6 Å². The second-order valence-electron chi connectivity index (χ2n) is 4.59. The summed E-state index contributed by atoms with van der Waals surface area (Å²) < 4.78 is 8.08. The smallest absolute Gasteiger partial charge is 0.136 e. The second-order valence-corrected chi connectivity index (χ2v) is 7.65. The lowest BCUT2D eigenvalue weighted by atomic mass is 9.98. The lowest BCUT2D eigenvalue weighted by molar-refractivity contribution is 0.0673. The summed E-state index contributed by atoms with van der Waals surface area (Å²) in [5.74, 6) is 0.772. The fraction of sp³-hybridized carbons (Fsp3) is 0.286. The van der Waals surface area contributed by atoms with Crippen molar-refractivity contribution in [2.75, 3.05) is 0 Å². The first-order valence-corrected chi connectivity index (χ1v) is 8.35. The van der Waals surface area contributed by atoms with E-state index in [1.54, 1.807) is 11.3 Å². The van der Waals surface area contributed by atoms with Crippen LogP contribution in [0, 0.1) is 6.92 Å². The number of halogens is 2. The molecule has 1 aromatic heterocycles. The number of rotatable bonds is 1. The van der Waals surface area contributed by atoms with E-state index in [-0.39, 0.29) is 6.10 Å². The van der Waals surface area contributed by atoms with Gasteiger partial charge in [0.2, 0.25) is 0 Å². The van der Waals surface area contributed by atoms with Crippen LogP contribution in [0.15, 0.2) is 33.2 Å². The number of aliphatic hydroxyl groups is 1. The minimum absolute atomic E-state index is 0.0707. The Morgan fingerprint density at radius 3 is 2.79 bits per heavy atom. The van der Waals surface area contributed by atoms with Gasteiger partial charge in [0.05, 0.1) is 6.10 Å². The average molecular weight is 404 g/mol. The highest BCUT2D eigenvalue weighted by atomic mass is 79.9. The summed E-state index contributed by atoms with van der Waals surface area (Å²) in [6, 6.07) is 7.85. The summed E-state index contributed by atoms with van der Waals surface area (Å²) in [7, 11) is 0. The van der Waals surface area contributed by atoms with Gasteiger partial charge in [-0.25, -0.2) is 0 Å². The van der Waals surface area contributed by atoms with Crippen LogP contribution in [0.5, 0.6) is 5.75 Å². The second kappa shape index (κ2) is 5.20. The van der Waals surface area contributed by atoms with Gasteiger partial charge in [-0.05, 0) is 47.1 Å². The Hall–Kier alpha value is -0.360. The Morgan fingerprint density at radius 1 is 1.32 bits per heavy atom. The predicted octanol–water partition coefficient (Wildman–Crippen LogP) is 5.14. The first kappa shape index (κ1) is 13.6. The normalized spacial score (nSPS) is 21.9. The lowest BCUT2D eigenvalue weighted by Crippen LogP contribution is -2.18. The van der Waals surface area contributed by atoms with Gasteiger partial charge in [0, 0.05) is 30.7 Å². The molecule has 2 heterocycles. The summed E-state index contributed by atoms with van der Waals surface area (Å²) in [5, 5.41) is 10.3. The zero-order valence-corrected chi connectivity index (χ0v) is 14.2. The van der Waals surface area contributed by atoms with Gasteiger partial charge in [-0.15, -0.1) is 11.3 Å². The predicted molar refractivity (Wildman–Crippen MR) is 83.8 cm³/mol. The van der Waals surface area contributed by atoms with Crippen LogP contribution in [0.3, 0.4) is 0 Å². The Labute approximate surface area is 132 Å². The van der Waals surface area contributed by atoms with Gasteiger partial charge >= 0.3 is 0 Å². The lowest BCUT2D eigenvalue weighted by Gasteiger charge is -2.29. The fourth-order valence-corrected chi connectivity index (χ4v) is 4.21. The average Bonchev–Trinajstić information content (AvgIpc) is 2.70.